The summed E-state index contributed by atoms with van der Waals surface area (Å²) in [4.78, 5) is 0. The molecule has 0 aliphatic carbocycles. The summed E-state index contributed by atoms with van der Waals surface area (Å²) >= 11 is 5.96. The van der Waals surface area contributed by atoms with Crippen molar-refractivity contribution in [2.45, 2.75) is 19.1 Å². The summed E-state index contributed by atoms with van der Waals surface area (Å²) in [5.74, 6) is 0.766. The number of halogens is 1. The molecule has 0 amide bonds. The molecule has 0 bridgehead atoms. The second-order valence-electron chi connectivity index (χ2n) is 4.43. The Morgan fingerprint density at radius 1 is 1.37 bits per heavy atom. The molecule has 1 N–H and O–H groups in total. The van der Waals surface area contributed by atoms with Gasteiger partial charge < -0.3 is 10.1 Å². The van der Waals surface area contributed by atoms with E-state index in [2.05, 4.69) is 10.4 Å². The maximum absolute atomic E-state index is 5.96. The van der Waals surface area contributed by atoms with Crippen molar-refractivity contribution in [1.29, 1.82) is 0 Å². The molecule has 2 unspecified atom stereocenters. The topological polar surface area (TPSA) is 39.1 Å². The monoisotopic (exact) mass is 279 g/mol. The van der Waals surface area contributed by atoms with Crippen molar-refractivity contribution in [1.82, 2.24) is 15.1 Å². The van der Waals surface area contributed by atoms with E-state index >= 15 is 0 Å². The highest BCUT2D eigenvalue weighted by atomic mass is 35.5. The number of hydrogen-bond acceptors (Lipinski definition) is 3. The van der Waals surface area contributed by atoms with Crippen LogP contribution in [0.4, 0.5) is 0 Å². The van der Waals surface area contributed by atoms with Gasteiger partial charge in [-0.15, -0.1) is 0 Å². The molecular formula is C14H18ClN3O. The summed E-state index contributed by atoms with van der Waals surface area (Å²) in [5, 5.41) is 8.12. The van der Waals surface area contributed by atoms with E-state index in [0.717, 1.165) is 11.4 Å². The molecule has 1 aromatic heterocycles. The van der Waals surface area contributed by atoms with Crippen LogP contribution in [0.3, 0.4) is 0 Å². The van der Waals surface area contributed by atoms with Crippen molar-refractivity contribution in [3.8, 4) is 5.75 Å². The third kappa shape index (κ3) is 3.28. The van der Waals surface area contributed by atoms with E-state index < -0.39 is 0 Å². The molecule has 0 saturated heterocycles. The molecule has 1 aromatic carbocycles. The van der Waals surface area contributed by atoms with Crippen LogP contribution in [-0.4, -0.2) is 22.9 Å². The van der Waals surface area contributed by atoms with Gasteiger partial charge in [0.2, 0.25) is 0 Å². The number of rotatable bonds is 5. The van der Waals surface area contributed by atoms with E-state index in [9.17, 15) is 0 Å². The molecule has 102 valence electrons. The lowest BCUT2D eigenvalue weighted by atomic mass is 10.1. The lowest BCUT2D eigenvalue weighted by Crippen LogP contribution is -2.33. The normalized spacial score (nSPS) is 14.1. The Bertz CT molecular complexity index is 541. The van der Waals surface area contributed by atoms with Gasteiger partial charge in [0.1, 0.15) is 11.9 Å². The molecule has 2 atom stereocenters. The zero-order valence-corrected chi connectivity index (χ0v) is 12.1. The van der Waals surface area contributed by atoms with Gasteiger partial charge in [-0.1, -0.05) is 17.7 Å². The lowest BCUT2D eigenvalue weighted by Gasteiger charge is -2.24. The molecule has 0 radical (unpaired) electrons. The molecular weight excluding hydrogens is 262 g/mol. The Hall–Kier alpha value is -1.52. The van der Waals surface area contributed by atoms with Crippen LogP contribution >= 0.6 is 11.6 Å². The molecule has 0 fully saturated rings. The summed E-state index contributed by atoms with van der Waals surface area (Å²) in [6.07, 6.45) is 1.74. The number of nitrogens with zero attached hydrogens (tertiary/aromatic N) is 2. The summed E-state index contributed by atoms with van der Waals surface area (Å²) in [7, 11) is 3.83. The third-order valence-electron chi connectivity index (χ3n) is 3.08. The van der Waals surface area contributed by atoms with Crippen molar-refractivity contribution in [2.75, 3.05) is 7.05 Å². The zero-order valence-electron chi connectivity index (χ0n) is 11.3. The average molecular weight is 280 g/mol. The van der Waals surface area contributed by atoms with Crippen molar-refractivity contribution in [2.24, 2.45) is 7.05 Å². The molecule has 0 saturated carbocycles. The number of nitrogens with one attached hydrogen (secondary N) is 1. The van der Waals surface area contributed by atoms with Crippen molar-refractivity contribution < 1.29 is 4.74 Å². The SMILES string of the molecule is CNC(c1ccnn1C)C(C)Oc1cccc(Cl)c1. The number of likely N-dealkylation sites (N-methyl/N-ethyl adjacent to an activating group) is 1. The first kappa shape index (κ1) is 13.9. The Morgan fingerprint density at radius 3 is 2.74 bits per heavy atom. The minimum Gasteiger partial charge on any atom is -0.489 e. The predicted octanol–water partition coefficient (Wildman–Crippen LogP) is 2.80. The van der Waals surface area contributed by atoms with Gasteiger partial charge in [0.05, 0.1) is 11.7 Å². The van der Waals surface area contributed by atoms with E-state index in [-0.39, 0.29) is 12.1 Å². The van der Waals surface area contributed by atoms with E-state index in [1.807, 2.05) is 56.0 Å². The fourth-order valence-electron chi connectivity index (χ4n) is 2.14. The number of aryl methyl sites for hydroxylation is 1. The van der Waals surface area contributed by atoms with Gasteiger partial charge in [-0.25, -0.2) is 0 Å². The minimum absolute atomic E-state index is 0.0427. The Kier molecular flexibility index (Phi) is 4.45. The van der Waals surface area contributed by atoms with Crippen LogP contribution in [0.25, 0.3) is 0 Å². The van der Waals surface area contributed by atoms with Crippen molar-refractivity contribution >= 4 is 11.6 Å². The molecule has 1 heterocycles. The highest BCUT2D eigenvalue weighted by Crippen LogP contribution is 2.23. The molecule has 0 aliphatic rings. The molecule has 2 aromatic rings. The van der Waals surface area contributed by atoms with Crippen LogP contribution in [0, 0.1) is 0 Å². The van der Waals surface area contributed by atoms with Crippen LogP contribution in [0.2, 0.25) is 5.02 Å². The van der Waals surface area contributed by atoms with Gasteiger partial charge in [0, 0.05) is 18.3 Å². The molecule has 5 heteroatoms. The van der Waals surface area contributed by atoms with Crippen molar-refractivity contribution in [3.63, 3.8) is 0 Å². The van der Waals surface area contributed by atoms with Gasteiger partial charge in [0.15, 0.2) is 0 Å². The molecule has 4 nitrogen and oxygen atoms in total. The average Bonchev–Trinajstić information content (AvgIpc) is 2.77. The van der Waals surface area contributed by atoms with Crippen LogP contribution in [0.5, 0.6) is 5.75 Å². The van der Waals surface area contributed by atoms with E-state index in [1.54, 1.807) is 6.20 Å². The maximum Gasteiger partial charge on any atom is 0.121 e. The van der Waals surface area contributed by atoms with E-state index in [1.165, 1.54) is 0 Å². The van der Waals surface area contributed by atoms with Gasteiger partial charge in [-0.3, -0.25) is 4.68 Å². The smallest absolute Gasteiger partial charge is 0.121 e. The first-order valence-electron chi connectivity index (χ1n) is 6.19. The fourth-order valence-corrected chi connectivity index (χ4v) is 2.32. The summed E-state index contributed by atoms with van der Waals surface area (Å²) in [5.41, 5.74) is 1.08. The molecule has 19 heavy (non-hydrogen) atoms. The van der Waals surface area contributed by atoms with Gasteiger partial charge >= 0.3 is 0 Å². The van der Waals surface area contributed by atoms with E-state index in [0.29, 0.717) is 5.02 Å². The zero-order chi connectivity index (χ0) is 13.8. The first-order valence-corrected chi connectivity index (χ1v) is 6.57. The molecule has 2 rings (SSSR count). The molecule has 0 aliphatic heterocycles. The van der Waals surface area contributed by atoms with Crippen molar-refractivity contribution in [3.05, 3.63) is 47.2 Å². The second kappa shape index (κ2) is 6.08. The first-order chi connectivity index (χ1) is 9.11. The Labute approximate surface area is 118 Å². The van der Waals surface area contributed by atoms with Gasteiger partial charge in [-0.2, -0.15) is 5.10 Å². The molecule has 0 spiro atoms. The minimum atomic E-state index is -0.0427. The maximum atomic E-state index is 5.96. The summed E-state index contributed by atoms with van der Waals surface area (Å²) < 4.78 is 7.79. The quantitative estimate of drug-likeness (QED) is 0.915. The Balaban J connectivity index is 2.14. The predicted molar refractivity (Wildman–Crippen MR) is 76.6 cm³/mol. The standard InChI is InChI=1S/C14H18ClN3O/c1-10(19-12-6-4-5-11(15)9-12)14(16-2)13-7-8-17-18(13)3/h4-10,14,16H,1-3H3. The third-order valence-corrected chi connectivity index (χ3v) is 3.31. The van der Waals surface area contributed by atoms with Gasteiger partial charge in [-0.05, 0) is 38.2 Å². The summed E-state index contributed by atoms with van der Waals surface area (Å²) in [6.45, 7) is 2.02. The van der Waals surface area contributed by atoms with Crippen LogP contribution in [0.15, 0.2) is 36.5 Å². The van der Waals surface area contributed by atoms with Crippen LogP contribution < -0.4 is 10.1 Å². The Morgan fingerprint density at radius 2 is 2.16 bits per heavy atom. The number of benzene rings is 1. The highest BCUT2D eigenvalue weighted by molar-refractivity contribution is 6.30. The van der Waals surface area contributed by atoms with E-state index in [4.69, 9.17) is 16.3 Å². The number of aromatic nitrogens is 2. The lowest BCUT2D eigenvalue weighted by molar-refractivity contribution is 0.171. The largest absolute Gasteiger partial charge is 0.489 e. The second-order valence-corrected chi connectivity index (χ2v) is 4.86. The van der Waals surface area contributed by atoms with Gasteiger partial charge in [0.25, 0.3) is 0 Å². The number of hydrogen-bond donors (Lipinski definition) is 1. The van der Waals surface area contributed by atoms with Crippen LogP contribution in [-0.2, 0) is 7.05 Å². The fraction of sp³-hybridized carbons (Fsp3) is 0.357. The summed E-state index contributed by atoms with van der Waals surface area (Å²) in [6, 6.07) is 9.47. The number of ether oxygens (including phenoxy) is 1. The highest BCUT2D eigenvalue weighted by Gasteiger charge is 2.21. The van der Waals surface area contributed by atoms with Crippen LogP contribution in [0.1, 0.15) is 18.7 Å².